The molecule has 1 fully saturated rings. The number of ether oxygens (including phenoxy) is 1. The standard InChI is InChI=1S/C15H21N3O3/c1-2-16-14-12-4-3-10(7-13(12)17-15(14)20)18-5-6-21-9-11(18)8-19/h3-4,7,11,14,16,19H,2,5-6,8-9H2,1H3,(H,17,20). The number of carbonyl (C=O) groups excluding carboxylic acids is 1. The summed E-state index contributed by atoms with van der Waals surface area (Å²) in [5.41, 5.74) is 2.85. The van der Waals surface area contributed by atoms with E-state index >= 15 is 0 Å². The van der Waals surface area contributed by atoms with Crippen LogP contribution < -0.4 is 15.5 Å². The molecule has 0 bridgehead atoms. The second-order valence-corrected chi connectivity index (χ2v) is 5.36. The van der Waals surface area contributed by atoms with E-state index in [4.69, 9.17) is 4.74 Å². The summed E-state index contributed by atoms with van der Waals surface area (Å²) in [5, 5.41) is 15.6. The maximum absolute atomic E-state index is 12.0. The Labute approximate surface area is 124 Å². The summed E-state index contributed by atoms with van der Waals surface area (Å²) in [6.07, 6.45) is 0. The summed E-state index contributed by atoms with van der Waals surface area (Å²) in [7, 11) is 0. The number of nitrogens with one attached hydrogen (secondary N) is 2. The molecule has 2 unspecified atom stereocenters. The topological polar surface area (TPSA) is 73.8 Å². The molecule has 2 heterocycles. The van der Waals surface area contributed by atoms with Crippen molar-refractivity contribution in [3.8, 4) is 0 Å². The predicted octanol–water partition coefficient (Wildman–Crippen LogP) is 0.487. The Balaban J connectivity index is 1.87. The number of morpholine rings is 1. The van der Waals surface area contributed by atoms with Gasteiger partial charge in [0.15, 0.2) is 0 Å². The van der Waals surface area contributed by atoms with E-state index in [1.165, 1.54) is 0 Å². The van der Waals surface area contributed by atoms with Crippen molar-refractivity contribution in [1.29, 1.82) is 0 Å². The van der Waals surface area contributed by atoms with Gasteiger partial charge in [-0.25, -0.2) is 0 Å². The summed E-state index contributed by atoms with van der Waals surface area (Å²) in [5.74, 6) is -0.00955. The number of likely N-dealkylation sites (N-methyl/N-ethyl adjacent to an activating group) is 1. The van der Waals surface area contributed by atoms with Gasteiger partial charge in [0.05, 0.1) is 25.9 Å². The summed E-state index contributed by atoms with van der Waals surface area (Å²) in [6, 6.07) is 5.69. The van der Waals surface area contributed by atoms with Gasteiger partial charge in [-0.05, 0) is 18.7 Å². The molecule has 3 N–H and O–H groups in total. The summed E-state index contributed by atoms with van der Waals surface area (Å²) in [4.78, 5) is 14.1. The van der Waals surface area contributed by atoms with Crippen molar-refractivity contribution in [3.05, 3.63) is 23.8 Å². The predicted molar refractivity (Wildman–Crippen MR) is 80.5 cm³/mol. The lowest BCUT2D eigenvalue weighted by Crippen LogP contribution is -2.47. The third-order valence-electron chi connectivity index (χ3n) is 4.05. The molecule has 0 radical (unpaired) electrons. The zero-order valence-electron chi connectivity index (χ0n) is 12.1. The Morgan fingerprint density at radius 3 is 3.14 bits per heavy atom. The van der Waals surface area contributed by atoms with Crippen molar-refractivity contribution in [2.75, 3.05) is 43.1 Å². The third-order valence-corrected chi connectivity index (χ3v) is 4.05. The van der Waals surface area contributed by atoms with Gasteiger partial charge in [-0.1, -0.05) is 13.0 Å². The summed E-state index contributed by atoms with van der Waals surface area (Å²) < 4.78 is 5.40. The Morgan fingerprint density at radius 1 is 1.52 bits per heavy atom. The number of rotatable bonds is 4. The van der Waals surface area contributed by atoms with Gasteiger partial charge in [0.25, 0.3) is 0 Å². The number of carbonyl (C=O) groups is 1. The van der Waals surface area contributed by atoms with Gasteiger partial charge in [0.2, 0.25) is 5.91 Å². The summed E-state index contributed by atoms with van der Waals surface area (Å²) >= 11 is 0. The highest BCUT2D eigenvalue weighted by Gasteiger charge is 2.31. The number of aliphatic hydroxyl groups is 1. The maximum Gasteiger partial charge on any atom is 0.246 e. The molecule has 114 valence electrons. The van der Waals surface area contributed by atoms with E-state index < -0.39 is 0 Å². The molecule has 1 amide bonds. The first-order valence-corrected chi connectivity index (χ1v) is 7.38. The lowest BCUT2D eigenvalue weighted by atomic mass is 10.1. The fourth-order valence-electron chi connectivity index (χ4n) is 2.98. The van der Waals surface area contributed by atoms with Crippen LogP contribution in [0.2, 0.25) is 0 Å². The largest absolute Gasteiger partial charge is 0.394 e. The van der Waals surface area contributed by atoms with E-state index in [9.17, 15) is 9.90 Å². The van der Waals surface area contributed by atoms with Crippen molar-refractivity contribution in [2.45, 2.75) is 19.0 Å². The third kappa shape index (κ3) is 2.62. The van der Waals surface area contributed by atoms with Crippen LogP contribution in [0.3, 0.4) is 0 Å². The van der Waals surface area contributed by atoms with E-state index in [2.05, 4.69) is 15.5 Å². The van der Waals surface area contributed by atoms with Crippen molar-refractivity contribution >= 4 is 17.3 Å². The second-order valence-electron chi connectivity index (χ2n) is 5.36. The molecule has 0 aliphatic carbocycles. The Bertz CT molecular complexity index is 535. The first-order chi connectivity index (χ1) is 10.2. The molecule has 21 heavy (non-hydrogen) atoms. The van der Waals surface area contributed by atoms with Crippen LogP contribution >= 0.6 is 0 Å². The average molecular weight is 291 g/mol. The maximum atomic E-state index is 12.0. The van der Waals surface area contributed by atoms with Crippen molar-refractivity contribution < 1.29 is 14.6 Å². The first-order valence-electron chi connectivity index (χ1n) is 7.38. The van der Waals surface area contributed by atoms with E-state index in [0.717, 1.165) is 30.0 Å². The van der Waals surface area contributed by atoms with Gasteiger partial charge < -0.3 is 25.4 Å². The van der Waals surface area contributed by atoms with Crippen LogP contribution in [0.15, 0.2) is 18.2 Å². The number of benzene rings is 1. The van der Waals surface area contributed by atoms with Gasteiger partial charge in [0, 0.05) is 23.5 Å². The number of fused-ring (bicyclic) bond motifs is 1. The molecule has 2 aliphatic rings. The van der Waals surface area contributed by atoms with Crippen LogP contribution in [0, 0.1) is 0 Å². The van der Waals surface area contributed by atoms with Gasteiger partial charge in [0.1, 0.15) is 6.04 Å². The molecule has 1 aromatic rings. The minimum Gasteiger partial charge on any atom is -0.394 e. The fraction of sp³-hybridized carbons (Fsp3) is 0.533. The summed E-state index contributed by atoms with van der Waals surface area (Å²) in [6.45, 7) is 4.71. The van der Waals surface area contributed by atoms with E-state index in [-0.39, 0.29) is 24.6 Å². The van der Waals surface area contributed by atoms with Gasteiger partial charge >= 0.3 is 0 Å². The van der Waals surface area contributed by atoms with Crippen LogP contribution in [0.4, 0.5) is 11.4 Å². The highest BCUT2D eigenvalue weighted by Crippen LogP contribution is 2.34. The molecule has 6 nitrogen and oxygen atoms in total. The van der Waals surface area contributed by atoms with Crippen molar-refractivity contribution in [1.82, 2.24) is 5.32 Å². The zero-order valence-corrected chi connectivity index (χ0v) is 12.1. The van der Waals surface area contributed by atoms with Crippen molar-refractivity contribution in [3.63, 3.8) is 0 Å². The van der Waals surface area contributed by atoms with Gasteiger partial charge in [-0.3, -0.25) is 4.79 Å². The van der Waals surface area contributed by atoms with Crippen LogP contribution in [0.5, 0.6) is 0 Å². The highest BCUT2D eigenvalue weighted by atomic mass is 16.5. The molecular formula is C15H21N3O3. The van der Waals surface area contributed by atoms with E-state index in [0.29, 0.717) is 13.2 Å². The number of aliphatic hydroxyl groups excluding tert-OH is 1. The fourth-order valence-corrected chi connectivity index (χ4v) is 2.98. The minimum atomic E-state index is -0.266. The van der Waals surface area contributed by atoms with Crippen molar-refractivity contribution in [2.24, 2.45) is 0 Å². The molecule has 0 saturated carbocycles. The van der Waals surface area contributed by atoms with Gasteiger partial charge in [-0.2, -0.15) is 0 Å². The first kappa shape index (κ1) is 14.3. The highest BCUT2D eigenvalue weighted by molar-refractivity contribution is 6.03. The molecule has 2 aliphatic heterocycles. The van der Waals surface area contributed by atoms with E-state index in [1.54, 1.807) is 0 Å². The number of anilines is 2. The number of hydrogen-bond acceptors (Lipinski definition) is 5. The molecule has 6 heteroatoms. The minimum absolute atomic E-state index is 0.00955. The second kappa shape index (κ2) is 6.01. The normalized spacial score (nSPS) is 24.9. The van der Waals surface area contributed by atoms with E-state index in [1.807, 2.05) is 25.1 Å². The molecule has 3 rings (SSSR count). The van der Waals surface area contributed by atoms with Crippen LogP contribution in [-0.2, 0) is 9.53 Å². The molecule has 0 aromatic heterocycles. The number of nitrogens with zero attached hydrogens (tertiary/aromatic N) is 1. The number of amides is 1. The Hall–Kier alpha value is -1.63. The number of hydrogen-bond donors (Lipinski definition) is 3. The van der Waals surface area contributed by atoms with Crippen LogP contribution in [-0.4, -0.2) is 50.0 Å². The average Bonchev–Trinajstić information content (AvgIpc) is 2.83. The molecule has 0 spiro atoms. The SMILES string of the molecule is CCNC1C(=O)Nc2cc(N3CCOCC3CO)ccc21. The molecule has 2 atom stereocenters. The Kier molecular flexibility index (Phi) is 4.10. The molecule has 1 aromatic carbocycles. The van der Waals surface area contributed by atoms with Crippen LogP contribution in [0.25, 0.3) is 0 Å². The lowest BCUT2D eigenvalue weighted by molar-refractivity contribution is -0.117. The molecular weight excluding hydrogens is 270 g/mol. The monoisotopic (exact) mass is 291 g/mol. The van der Waals surface area contributed by atoms with Gasteiger partial charge in [-0.15, -0.1) is 0 Å². The smallest absolute Gasteiger partial charge is 0.246 e. The quantitative estimate of drug-likeness (QED) is 0.753. The molecule has 1 saturated heterocycles. The van der Waals surface area contributed by atoms with Crippen LogP contribution in [0.1, 0.15) is 18.5 Å². The lowest BCUT2D eigenvalue weighted by Gasteiger charge is -2.36. The Morgan fingerprint density at radius 2 is 2.38 bits per heavy atom. The zero-order chi connectivity index (χ0) is 14.8.